The maximum Gasteiger partial charge on any atom is 0.236 e. The Bertz CT molecular complexity index is 718. The number of nitrogens with one attached hydrogen (secondary N) is 1. The maximum atomic E-state index is 12.6. The summed E-state index contributed by atoms with van der Waals surface area (Å²) in [4.78, 5) is 31.7. The lowest BCUT2D eigenvalue weighted by atomic mass is 9.64. The highest BCUT2D eigenvalue weighted by Gasteiger charge is 2.38. The Morgan fingerprint density at radius 1 is 0.774 bits per heavy atom. The van der Waals surface area contributed by atoms with Crippen LogP contribution in [0.1, 0.15) is 50.5 Å². The van der Waals surface area contributed by atoms with Crippen LogP contribution in [-0.2, 0) is 15.0 Å². The standard InChI is InChI=1S/C25H38N4O2/c30-23(26-21-25(11-8-12-25)22-9-4-3-5-10-22)19-27-15-17-28(18-16-27)20-24(31)29-13-6-1-2-7-14-29/h3-5,9-10H,1-2,6-8,11-21H2,(H,26,30). The van der Waals surface area contributed by atoms with Gasteiger partial charge in [0.1, 0.15) is 0 Å². The molecule has 1 N–H and O–H groups in total. The number of carbonyl (C=O) groups excluding carboxylic acids is 2. The summed E-state index contributed by atoms with van der Waals surface area (Å²) in [5, 5.41) is 3.21. The van der Waals surface area contributed by atoms with E-state index >= 15 is 0 Å². The Balaban J connectivity index is 1.17. The zero-order chi connectivity index (χ0) is 21.5. The van der Waals surface area contributed by atoms with Crippen molar-refractivity contribution < 1.29 is 9.59 Å². The first-order valence-corrected chi connectivity index (χ1v) is 12.2. The fourth-order valence-electron chi connectivity index (χ4n) is 5.21. The van der Waals surface area contributed by atoms with Crippen LogP contribution < -0.4 is 5.32 Å². The Hall–Kier alpha value is -1.92. The molecule has 4 rings (SSSR count). The Labute approximate surface area is 187 Å². The minimum Gasteiger partial charge on any atom is -0.354 e. The minimum absolute atomic E-state index is 0.122. The van der Waals surface area contributed by atoms with Crippen molar-refractivity contribution >= 4 is 11.8 Å². The SMILES string of the molecule is O=C(CN1CCN(CC(=O)N2CCCCCC2)CC1)NCC1(c2ccccc2)CCC1. The second-order valence-electron chi connectivity index (χ2n) is 9.62. The first kappa shape index (κ1) is 22.3. The zero-order valence-corrected chi connectivity index (χ0v) is 18.9. The van der Waals surface area contributed by atoms with Crippen molar-refractivity contribution in [2.24, 2.45) is 0 Å². The van der Waals surface area contributed by atoms with E-state index in [9.17, 15) is 9.59 Å². The van der Waals surface area contributed by atoms with Gasteiger partial charge in [-0.1, -0.05) is 49.6 Å². The van der Waals surface area contributed by atoms with E-state index in [1.165, 1.54) is 24.8 Å². The van der Waals surface area contributed by atoms with E-state index in [0.717, 1.165) is 71.5 Å². The summed E-state index contributed by atoms with van der Waals surface area (Å²) in [6.07, 6.45) is 8.32. The van der Waals surface area contributed by atoms with E-state index in [-0.39, 0.29) is 17.2 Å². The molecule has 0 radical (unpaired) electrons. The van der Waals surface area contributed by atoms with Gasteiger partial charge in [0.25, 0.3) is 0 Å². The Morgan fingerprint density at radius 3 is 1.97 bits per heavy atom. The molecule has 1 aromatic rings. The summed E-state index contributed by atoms with van der Waals surface area (Å²) in [6.45, 7) is 6.99. The van der Waals surface area contributed by atoms with Crippen LogP contribution in [0.4, 0.5) is 0 Å². The van der Waals surface area contributed by atoms with Crippen molar-refractivity contribution in [2.75, 3.05) is 58.9 Å². The molecular formula is C25H38N4O2. The van der Waals surface area contributed by atoms with Gasteiger partial charge >= 0.3 is 0 Å². The van der Waals surface area contributed by atoms with Crippen molar-refractivity contribution in [1.82, 2.24) is 20.0 Å². The lowest BCUT2D eigenvalue weighted by Gasteiger charge is -2.43. The number of rotatable bonds is 7. The molecule has 0 bridgehead atoms. The van der Waals surface area contributed by atoms with Crippen LogP contribution in [0, 0.1) is 0 Å². The molecule has 0 spiro atoms. The van der Waals surface area contributed by atoms with Crippen LogP contribution in [0.3, 0.4) is 0 Å². The van der Waals surface area contributed by atoms with Gasteiger partial charge in [-0.25, -0.2) is 0 Å². The van der Waals surface area contributed by atoms with Crippen LogP contribution in [0.25, 0.3) is 0 Å². The number of piperazine rings is 1. The second-order valence-corrected chi connectivity index (χ2v) is 9.62. The number of amides is 2. The molecule has 0 atom stereocenters. The number of benzene rings is 1. The Kier molecular flexibility index (Phi) is 7.62. The number of nitrogens with zero attached hydrogens (tertiary/aromatic N) is 3. The van der Waals surface area contributed by atoms with Crippen molar-refractivity contribution in [3.8, 4) is 0 Å². The van der Waals surface area contributed by atoms with Gasteiger partial charge < -0.3 is 10.2 Å². The van der Waals surface area contributed by atoms with Gasteiger partial charge in [0.2, 0.25) is 11.8 Å². The minimum atomic E-state index is 0.122. The van der Waals surface area contributed by atoms with Gasteiger partial charge in [-0.05, 0) is 31.2 Å². The molecule has 0 aromatic heterocycles. The number of hydrogen-bond donors (Lipinski definition) is 1. The molecule has 2 aliphatic heterocycles. The molecule has 2 heterocycles. The summed E-state index contributed by atoms with van der Waals surface area (Å²) in [5.41, 5.74) is 1.48. The molecule has 6 nitrogen and oxygen atoms in total. The highest BCUT2D eigenvalue weighted by Crippen LogP contribution is 2.43. The number of likely N-dealkylation sites (tertiary alicyclic amines) is 1. The topological polar surface area (TPSA) is 55.9 Å². The first-order valence-electron chi connectivity index (χ1n) is 12.2. The van der Waals surface area contributed by atoms with Crippen LogP contribution in [-0.4, -0.2) is 85.4 Å². The molecular weight excluding hydrogens is 388 g/mol. The molecule has 2 saturated heterocycles. The predicted molar refractivity (Wildman–Crippen MR) is 123 cm³/mol. The van der Waals surface area contributed by atoms with E-state index in [1.54, 1.807) is 0 Å². The Morgan fingerprint density at radius 2 is 1.39 bits per heavy atom. The van der Waals surface area contributed by atoms with Gasteiger partial charge in [0.05, 0.1) is 13.1 Å². The van der Waals surface area contributed by atoms with Crippen LogP contribution in [0.15, 0.2) is 30.3 Å². The van der Waals surface area contributed by atoms with Gasteiger partial charge in [-0.3, -0.25) is 19.4 Å². The fourth-order valence-corrected chi connectivity index (χ4v) is 5.21. The number of carbonyl (C=O) groups is 2. The summed E-state index contributed by atoms with van der Waals surface area (Å²) >= 11 is 0. The molecule has 1 aromatic carbocycles. The van der Waals surface area contributed by atoms with Gasteiger partial charge in [-0.2, -0.15) is 0 Å². The van der Waals surface area contributed by atoms with Crippen molar-refractivity contribution in [3.05, 3.63) is 35.9 Å². The maximum absolute atomic E-state index is 12.6. The molecule has 31 heavy (non-hydrogen) atoms. The average molecular weight is 427 g/mol. The molecule has 6 heteroatoms. The summed E-state index contributed by atoms with van der Waals surface area (Å²) < 4.78 is 0. The third-order valence-corrected chi connectivity index (χ3v) is 7.47. The zero-order valence-electron chi connectivity index (χ0n) is 18.9. The van der Waals surface area contributed by atoms with Gasteiger partial charge in [0, 0.05) is 51.2 Å². The highest BCUT2D eigenvalue weighted by molar-refractivity contribution is 5.79. The normalized spacial score (nSPS) is 22.4. The molecule has 170 valence electrons. The van der Waals surface area contributed by atoms with Crippen molar-refractivity contribution in [2.45, 2.75) is 50.4 Å². The number of hydrogen-bond acceptors (Lipinski definition) is 4. The summed E-state index contributed by atoms with van der Waals surface area (Å²) in [6, 6.07) is 10.6. The highest BCUT2D eigenvalue weighted by atomic mass is 16.2. The predicted octanol–water partition coefficient (Wildman–Crippen LogP) is 2.24. The first-order chi connectivity index (χ1) is 15.1. The van der Waals surface area contributed by atoms with E-state index < -0.39 is 0 Å². The van der Waals surface area contributed by atoms with Gasteiger partial charge in [0.15, 0.2) is 0 Å². The van der Waals surface area contributed by atoms with E-state index in [2.05, 4.69) is 50.3 Å². The fraction of sp³-hybridized carbons (Fsp3) is 0.680. The molecule has 1 aliphatic carbocycles. The third-order valence-electron chi connectivity index (χ3n) is 7.47. The van der Waals surface area contributed by atoms with Crippen molar-refractivity contribution in [3.63, 3.8) is 0 Å². The molecule has 1 saturated carbocycles. The molecule has 2 amide bonds. The lowest BCUT2D eigenvalue weighted by Crippen LogP contribution is -2.53. The monoisotopic (exact) mass is 426 g/mol. The average Bonchev–Trinajstić information content (AvgIpc) is 3.05. The van der Waals surface area contributed by atoms with Crippen LogP contribution >= 0.6 is 0 Å². The quantitative estimate of drug-likeness (QED) is 0.727. The van der Waals surface area contributed by atoms with Crippen molar-refractivity contribution in [1.29, 1.82) is 0 Å². The third kappa shape index (κ3) is 5.86. The molecule has 0 unspecified atom stereocenters. The second kappa shape index (κ2) is 10.6. The van der Waals surface area contributed by atoms with Crippen LogP contribution in [0.5, 0.6) is 0 Å². The van der Waals surface area contributed by atoms with E-state index in [4.69, 9.17) is 0 Å². The summed E-state index contributed by atoms with van der Waals surface area (Å²) in [5.74, 6) is 0.399. The van der Waals surface area contributed by atoms with Gasteiger partial charge in [-0.15, -0.1) is 0 Å². The molecule has 3 fully saturated rings. The van der Waals surface area contributed by atoms with Crippen LogP contribution in [0.2, 0.25) is 0 Å². The lowest BCUT2D eigenvalue weighted by molar-refractivity contribution is -0.133. The molecule has 3 aliphatic rings. The van der Waals surface area contributed by atoms with E-state index in [0.29, 0.717) is 13.1 Å². The largest absolute Gasteiger partial charge is 0.354 e. The smallest absolute Gasteiger partial charge is 0.236 e. The van der Waals surface area contributed by atoms with E-state index in [1.807, 2.05) is 0 Å². The summed E-state index contributed by atoms with van der Waals surface area (Å²) in [7, 11) is 0.